The van der Waals surface area contributed by atoms with Crippen molar-refractivity contribution in [1.29, 1.82) is 0 Å². The highest BCUT2D eigenvalue weighted by molar-refractivity contribution is 7.18. The SMILES string of the molecule is C=CCn1c(CN(C)C)nc2sc(C)c(C)c2c1=O. The number of nitrogens with zero attached hydrogens (tertiary/aromatic N) is 3. The molecule has 0 bridgehead atoms. The monoisotopic (exact) mass is 277 g/mol. The zero-order valence-electron chi connectivity index (χ0n) is 11.9. The molecule has 0 aromatic carbocycles. The molecular formula is C14H19N3OS. The van der Waals surface area contributed by atoms with Gasteiger partial charge in [-0.2, -0.15) is 0 Å². The molecule has 2 heterocycles. The van der Waals surface area contributed by atoms with E-state index in [0.717, 1.165) is 26.5 Å². The lowest BCUT2D eigenvalue weighted by Crippen LogP contribution is -2.27. The van der Waals surface area contributed by atoms with E-state index in [-0.39, 0.29) is 5.56 Å². The van der Waals surface area contributed by atoms with Crippen LogP contribution in [0.3, 0.4) is 0 Å². The van der Waals surface area contributed by atoms with Gasteiger partial charge in [-0.3, -0.25) is 9.36 Å². The summed E-state index contributed by atoms with van der Waals surface area (Å²) in [6.45, 7) is 8.89. The van der Waals surface area contributed by atoms with Gasteiger partial charge in [0.1, 0.15) is 10.7 Å². The summed E-state index contributed by atoms with van der Waals surface area (Å²) in [5, 5.41) is 0.756. The normalized spacial score (nSPS) is 11.4. The fourth-order valence-corrected chi connectivity index (χ4v) is 3.13. The van der Waals surface area contributed by atoms with E-state index in [2.05, 4.69) is 11.6 Å². The highest BCUT2D eigenvalue weighted by Crippen LogP contribution is 2.26. The number of thiophene rings is 1. The number of rotatable bonds is 4. The molecule has 2 aromatic heterocycles. The molecule has 0 aliphatic carbocycles. The molecule has 0 aliphatic heterocycles. The first kappa shape index (κ1) is 14.0. The first-order chi connectivity index (χ1) is 8.95. The van der Waals surface area contributed by atoms with Crippen LogP contribution in [0.1, 0.15) is 16.3 Å². The fourth-order valence-electron chi connectivity index (χ4n) is 2.09. The van der Waals surface area contributed by atoms with Crippen molar-refractivity contribution in [3.63, 3.8) is 0 Å². The molecule has 0 unspecified atom stereocenters. The highest BCUT2D eigenvalue weighted by Gasteiger charge is 2.15. The maximum atomic E-state index is 12.6. The van der Waals surface area contributed by atoms with E-state index in [0.29, 0.717) is 13.1 Å². The maximum absolute atomic E-state index is 12.6. The Morgan fingerprint density at radius 1 is 1.42 bits per heavy atom. The van der Waals surface area contributed by atoms with Crippen LogP contribution in [0, 0.1) is 13.8 Å². The average molecular weight is 277 g/mol. The molecule has 0 aliphatic rings. The van der Waals surface area contributed by atoms with Crippen LogP contribution in [-0.2, 0) is 13.1 Å². The molecule has 2 rings (SSSR count). The van der Waals surface area contributed by atoms with Crippen LogP contribution in [0.25, 0.3) is 10.2 Å². The Labute approximate surface area is 117 Å². The highest BCUT2D eigenvalue weighted by atomic mass is 32.1. The molecule has 102 valence electrons. The molecule has 0 radical (unpaired) electrons. The summed E-state index contributed by atoms with van der Waals surface area (Å²) in [5.74, 6) is 0.795. The summed E-state index contributed by atoms with van der Waals surface area (Å²) in [7, 11) is 3.94. The first-order valence-electron chi connectivity index (χ1n) is 6.20. The minimum absolute atomic E-state index is 0.0450. The Morgan fingerprint density at radius 2 is 2.11 bits per heavy atom. The Hall–Kier alpha value is -1.46. The molecular weight excluding hydrogens is 258 g/mol. The maximum Gasteiger partial charge on any atom is 0.262 e. The molecule has 2 aromatic rings. The fraction of sp³-hybridized carbons (Fsp3) is 0.429. The van der Waals surface area contributed by atoms with Gasteiger partial charge in [0.25, 0.3) is 5.56 Å². The van der Waals surface area contributed by atoms with Crippen molar-refractivity contribution < 1.29 is 0 Å². The van der Waals surface area contributed by atoms with Crippen LogP contribution >= 0.6 is 11.3 Å². The molecule has 0 saturated carbocycles. The van der Waals surface area contributed by atoms with E-state index in [1.807, 2.05) is 32.8 Å². The third-order valence-corrected chi connectivity index (χ3v) is 4.24. The summed E-state index contributed by atoms with van der Waals surface area (Å²) in [4.78, 5) is 21.3. The molecule has 0 N–H and O–H groups in total. The van der Waals surface area contributed by atoms with Crippen LogP contribution in [-0.4, -0.2) is 28.5 Å². The molecule has 5 heteroatoms. The van der Waals surface area contributed by atoms with Crippen molar-refractivity contribution in [2.45, 2.75) is 26.9 Å². The Morgan fingerprint density at radius 3 is 2.68 bits per heavy atom. The lowest BCUT2D eigenvalue weighted by atomic mass is 10.2. The number of aryl methyl sites for hydroxylation is 2. The minimum Gasteiger partial charge on any atom is -0.302 e. The van der Waals surface area contributed by atoms with Crippen molar-refractivity contribution >= 4 is 21.6 Å². The van der Waals surface area contributed by atoms with E-state index >= 15 is 0 Å². The van der Waals surface area contributed by atoms with Gasteiger partial charge in [0.2, 0.25) is 0 Å². The Kier molecular flexibility index (Phi) is 3.87. The minimum atomic E-state index is 0.0450. The topological polar surface area (TPSA) is 38.1 Å². The standard InChI is InChI=1S/C14H19N3OS/c1-6-7-17-11(8-16(4)5)15-13-12(14(17)18)9(2)10(3)19-13/h6H,1,7-8H2,2-5H3. The third kappa shape index (κ3) is 2.48. The van der Waals surface area contributed by atoms with Crippen molar-refractivity contribution in [3.8, 4) is 0 Å². The van der Waals surface area contributed by atoms with Crippen LogP contribution in [0.5, 0.6) is 0 Å². The van der Waals surface area contributed by atoms with Gasteiger partial charge in [-0.15, -0.1) is 17.9 Å². The van der Waals surface area contributed by atoms with Crippen LogP contribution in [0.4, 0.5) is 0 Å². The molecule has 0 atom stereocenters. The summed E-state index contributed by atoms with van der Waals surface area (Å²) in [6.07, 6.45) is 1.74. The molecule has 0 spiro atoms. The second-order valence-electron chi connectivity index (χ2n) is 4.93. The van der Waals surface area contributed by atoms with Gasteiger partial charge in [0.05, 0.1) is 11.9 Å². The largest absolute Gasteiger partial charge is 0.302 e. The van der Waals surface area contributed by atoms with Crippen LogP contribution in [0.15, 0.2) is 17.4 Å². The van der Waals surface area contributed by atoms with E-state index in [1.54, 1.807) is 22.0 Å². The van der Waals surface area contributed by atoms with Crippen LogP contribution < -0.4 is 5.56 Å². The summed E-state index contributed by atoms with van der Waals surface area (Å²) < 4.78 is 1.72. The molecule has 19 heavy (non-hydrogen) atoms. The van der Waals surface area contributed by atoms with Gasteiger partial charge >= 0.3 is 0 Å². The van der Waals surface area contributed by atoms with E-state index in [1.165, 1.54) is 0 Å². The Bertz CT molecular complexity index is 682. The average Bonchev–Trinajstić information content (AvgIpc) is 2.59. The van der Waals surface area contributed by atoms with Gasteiger partial charge in [-0.05, 0) is 33.5 Å². The molecule has 0 saturated heterocycles. The zero-order chi connectivity index (χ0) is 14.2. The van der Waals surface area contributed by atoms with E-state index in [4.69, 9.17) is 0 Å². The van der Waals surface area contributed by atoms with E-state index in [9.17, 15) is 4.79 Å². The van der Waals surface area contributed by atoms with Gasteiger partial charge in [0.15, 0.2) is 0 Å². The van der Waals surface area contributed by atoms with Crippen molar-refractivity contribution in [1.82, 2.24) is 14.5 Å². The third-order valence-electron chi connectivity index (χ3n) is 3.14. The first-order valence-corrected chi connectivity index (χ1v) is 7.02. The van der Waals surface area contributed by atoms with Crippen molar-refractivity contribution in [2.24, 2.45) is 0 Å². The summed E-state index contributed by atoms with van der Waals surface area (Å²) in [5.41, 5.74) is 1.09. The number of hydrogen-bond donors (Lipinski definition) is 0. The number of hydrogen-bond acceptors (Lipinski definition) is 4. The number of aromatic nitrogens is 2. The summed E-state index contributed by atoms with van der Waals surface area (Å²) in [6, 6.07) is 0. The van der Waals surface area contributed by atoms with E-state index < -0.39 is 0 Å². The number of fused-ring (bicyclic) bond motifs is 1. The van der Waals surface area contributed by atoms with Crippen molar-refractivity contribution in [3.05, 3.63) is 39.3 Å². The second-order valence-corrected chi connectivity index (χ2v) is 6.14. The molecule has 0 amide bonds. The predicted molar refractivity (Wildman–Crippen MR) is 80.9 cm³/mol. The smallest absolute Gasteiger partial charge is 0.262 e. The molecule has 4 nitrogen and oxygen atoms in total. The zero-order valence-corrected chi connectivity index (χ0v) is 12.7. The molecule has 0 fully saturated rings. The van der Waals surface area contributed by atoms with Crippen LogP contribution in [0.2, 0.25) is 0 Å². The predicted octanol–water partition coefficient (Wildman–Crippen LogP) is 2.32. The summed E-state index contributed by atoms with van der Waals surface area (Å²) >= 11 is 1.59. The number of allylic oxidation sites excluding steroid dienone is 1. The van der Waals surface area contributed by atoms with Gasteiger partial charge in [-0.25, -0.2) is 4.98 Å². The lowest BCUT2D eigenvalue weighted by molar-refractivity contribution is 0.379. The van der Waals surface area contributed by atoms with Gasteiger partial charge in [0, 0.05) is 11.4 Å². The second kappa shape index (κ2) is 5.27. The van der Waals surface area contributed by atoms with Gasteiger partial charge < -0.3 is 4.90 Å². The van der Waals surface area contributed by atoms with Gasteiger partial charge in [-0.1, -0.05) is 6.08 Å². The van der Waals surface area contributed by atoms with Crippen molar-refractivity contribution in [2.75, 3.05) is 14.1 Å². The quantitative estimate of drug-likeness (QED) is 0.805. The lowest BCUT2D eigenvalue weighted by Gasteiger charge is -2.14. The Balaban J connectivity index is 2.77.